The molecular weight excluding hydrogens is 444 g/mol. The summed E-state index contributed by atoms with van der Waals surface area (Å²) in [5.41, 5.74) is 3.40. The van der Waals surface area contributed by atoms with Gasteiger partial charge in [-0.1, -0.05) is 36.9 Å². The summed E-state index contributed by atoms with van der Waals surface area (Å²) < 4.78 is 10.4. The van der Waals surface area contributed by atoms with E-state index in [-0.39, 0.29) is 18.7 Å². The lowest BCUT2D eigenvalue weighted by atomic mass is 10.0. The second kappa shape index (κ2) is 11.3. The highest BCUT2D eigenvalue weighted by molar-refractivity contribution is 5.90. The van der Waals surface area contributed by atoms with Gasteiger partial charge in [0.2, 0.25) is 0 Å². The largest absolute Gasteiger partial charge is 0.492 e. The van der Waals surface area contributed by atoms with E-state index in [1.165, 1.54) is 17.2 Å². The lowest BCUT2D eigenvalue weighted by Gasteiger charge is -2.38. The first-order chi connectivity index (χ1) is 17.0. The van der Waals surface area contributed by atoms with Crippen molar-refractivity contribution in [1.82, 2.24) is 15.1 Å². The van der Waals surface area contributed by atoms with Crippen molar-refractivity contribution >= 4 is 17.8 Å². The zero-order valence-corrected chi connectivity index (χ0v) is 20.4. The molecule has 2 aliphatic heterocycles. The van der Waals surface area contributed by atoms with E-state index < -0.39 is 6.09 Å². The van der Waals surface area contributed by atoms with Gasteiger partial charge < -0.3 is 25.0 Å². The molecule has 2 N–H and O–H groups in total. The summed E-state index contributed by atoms with van der Waals surface area (Å²) in [7, 11) is 0. The molecule has 186 valence electrons. The highest BCUT2D eigenvalue weighted by Gasteiger charge is 2.46. The first kappa shape index (κ1) is 24.6. The first-order valence-electron chi connectivity index (χ1n) is 12.1. The van der Waals surface area contributed by atoms with E-state index in [1.807, 2.05) is 17.0 Å². The minimum atomic E-state index is -0.505. The van der Waals surface area contributed by atoms with Crippen molar-refractivity contribution in [3.63, 3.8) is 0 Å². The third-order valence-corrected chi connectivity index (χ3v) is 6.76. The van der Waals surface area contributed by atoms with Gasteiger partial charge in [-0.05, 0) is 55.7 Å². The van der Waals surface area contributed by atoms with Crippen LogP contribution in [-0.2, 0) is 4.74 Å². The molecule has 2 aromatic rings. The Balaban J connectivity index is 1.22. The average Bonchev–Trinajstić information content (AvgIpc) is 3.48. The molecule has 0 radical (unpaired) electrons. The molecule has 35 heavy (non-hydrogen) atoms. The van der Waals surface area contributed by atoms with Crippen LogP contribution in [0.5, 0.6) is 5.75 Å². The summed E-state index contributed by atoms with van der Waals surface area (Å²) in [4.78, 5) is 28.8. The smallest absolute Gasteiger partial charge is 0.407 e. The first-order valence-corrected chi connectivity index (χ1v) is 12.1. The van der Waals surface area contributed by atoms with Crippen LogP contribution in [0.25, 0.3) is 0 Å². The number of amides is 3. The number of carbonyl (C=O) groups is 2. The second-order valence-electron chi connectivity index (χ2n) is 9.04. The molecule has 2 aliphatic rings. The zero-order chi connectivity index (χ0) is 24.8. The monoisotopic (exact) mass is 478 g/mol. The summed E-state index contributed by atoms with van der Waals surface area (Å²) in [6.07, 6.45) is 2.02. The SMILES string of the molecule is C=CCOC(=O)NCCOc1ccc(NC(=O)N2CC3CC2CN3C(C)c2ccccc2C)cc1. The Morgan fingerprint density at radius 3 is 2.60 bits per heavy atom. The summed E-state index contributed by atoms with van der Waals surface area (Å²) >= 11 is 0. The van der Waals surface area contributed by atoms with Crippen molar-refractivity contribution in [1.29, 1.82) is 0 Å². The number of urea groups is 1. The van der Waals surface area contributed by atoms with Crippen molar-refractivity contribution in [2.45, 2.75) is 38.4 Å². The highest BCUT2D eigenvalue weighted by Crippen LogP contribution is 2.37. The molecule has 2 heterocycles. The molecule has 2 aromatic carbocycles. The highest BCUT2D eigenvalue weighted by atomic mass is 16.5. The van der Waals surface area contributed by atoms with Crippen molar-refractivity contribution in [2.24, 2.45) is 0 Å². The van der Waals surface area contributed by atoms with E-state index in [0.29, 0.717) is 31.0 Å². The molecule has 0 saturated carbocycles. The number of aryl methyl sites for hydroxylation is 1. The van der Waals surface area contributed by atoms with Gasteiger partial charge in [0.15, 0.2) is 0 Å². The van der Waals surface area contributed by atoms with E-state index in [4.69, 9.17) is 9.47 Å². The fourth-order valence-electron chi connectivity index (χ4n) is 4.99. The number of hydrogen-bond donors (Lipinski definition) is 2. The molecule has 8 nitrogen and oxygen atoms in total. The van der Waals surface area contributed by atoms with E-state index in [0.717, 1.165) is 25.2 Å². The molecule has 3 amide bonds. The third kappa shape index (κ3) is 5.95. The Morgan fingerprint density at radius 1 is 1.14 bits per heavy atom. The van der Waals surface area contributed by atoms with Crippen LogP contribution in [0.4, 0.5) is 15.3 Å². The summed E-state index contributed by atoms with van der Waals surface area (Å²) in [6.45, 7) is 10.4. The van der Waals surface area contributed by atoms with Crippen LogP contribution >= 0.6 is 0 Å². The topological polar surface area (TPSA) is 83.1 Å². The zero-order valence-electron chi connectivity index (χ0n) is 20.4. The molecule has 3 unspecified atom stereocenters. The summed E-state index contributed by atoms with van der Waals surface area (Å²) in [5, 5.41) is 5.61. The van der Waals surface area contributed by atoms with Crippen LogP contribution in [0.1, 0.15) is 30.5 Å². The van der Waals surface area contributed by atoms with Crippen LogP contribution < -0.4 is 15.4 Å². The number of likely N-dealkylation sites (tertiary alicyclic amines) is 2. The predicted molar refractivity (Wildman–Crippen MR) is 136 cm³/mol. The second-order valence-corrected chi connectivity index (χ2v) is 9.04. The Labute approximate surface area is 206 Å². The Morgan fingerprint density at radius 2 is 1.91 bits per heavy atom. The fraction of sp³-hybridized carbons (Fsp3) is 0.407. The molecule has 3 atom stereocenters. The molecule has 2 saturated heterocycles. The Hall–Kier alpha value is -3.52. The molecular formula is C27H34N4O4. The van der Waals surface area contributed by atoms with Crippen LogP contribution in [-0.4, -0.2) is 66.9 Å². The maximum absolute atomic E-state index is 12.9. The van der Waals surface area contributed by atoms with Gasteiger partial charge in [0.25, 0.3) is 0 Å². The van der Waals surface area contributed by atoms with Gasteiger partial charge in [-0.15, -0.1) is 0 Å². The standard InChI is InChI=1S/C27H34N4O4/c1-4-14-35-27(33)28-13-15-34-24-11-9-21(10-12-24)29-26(32)31-18-22-16-23(31)17-30(22)20(3)25-8-6-5-7-19(25)2/h4-12,20,22-23H,1,13-18H2,2-3H3,(H,28,33)(H,29,32). The number of piperazine rings is 1. The molecule has 0 aromatic heterocycles. The van der Waals surface area contributed by atoms with Crippen molar-refractivity contribution < 1.29 is 19.1 Å². The Bertz CT molecular complexity index is 1040. The summed E-state index contributed by atoms with van der Waals surface area (Å²) in [6, 6.07) is 16.7. The number of nitrogens with one attached hydrogen (secondary N) is 2. The number of fused-ring (bicyclic) bond motifs is 2. The van der Waals surface area contributed by atoms with Gasteiger partial charge in [-0.3, -0.25) is 4.90 Å². The van der Waals surface area contributed by atoms with Gasteiger partial charge in [0, 0.05) is 36.9 Å². The maximum Gasteiger partial charge on any atom is 0.407 e. The number of rotatable bonds is 9. The fourth-order valence-corrected chi connectivity index (χ4v) is 4.99. The van der Waals surface area contributed by atoms with Gasteiger partial charge in [0.05, 0.1) is 6.54 Å². The lowest BCUT2D eigenvalue weighted by Crippen LogP contribution is -2.50. The molecule has 0 spiro atoms. The number of nitrogens with zero attached hydrogens (tertiary/aromatic N) is 2. The van der Waals surface area contributed by atoms with Gasteiger partial charge in [-0.2, -0.15) is 0 Å². The molecule has 8 heteroatoms. The maximum atomic E-state index is 12.9. The number of hydrogen-bond acceptors (Lipinski definition) is 5. The molecule has 4 rings (SSSR count). The van der Waals surface area contributed by atoms with Crippen LogP contribution in [0, 0.1) is 6.92 Å². The third-order valence-electron chi connectivity index (χ3n) is 6.76. The van der Waals surface area contributed by atoms with Crippen LogP contribution in [0.15, 0.2) is 61.2 Å². The minimum Gasteiger partial charge on any atom is -0.492 e. The van der Waals surface area contributed by atoms with Gasteiger partial charge >= 0.3 is 12.1 Å². The van der Waals surface area contributed by atoms with Gasteiger partial charge in [0.1, 0.15) is 19.0 Å². The van der Waals surface area contributed by atoms with Crippen molar-refractivity contribution in [3.8, 4) is 5.75 Å². The summed E-state index contributed by atoms with van der Waals surface area (Å²) in [5.74, 6) is 0.658. The van der Waals surface area contributed by atoms with Crippen LogP contribution in [0.2, 0.25) is 0 Å². The van der Waals surface area contributed by atoms with E-state index in [2.05, 4.69) is 60.2 Å². The van der Waals surface area contributed by atoms with E-state index >= 15 is 0 Å². The predicted octanol–water partition coefficient (Wildman–Crippen LogP) is 4.34. The van der Waals surface area contributed by atoms with Crippen LogP contribution in [0.3, 0.4) is 0 Å². The quantitative estimate of drug-likeness (QED) is 0.414. The molecule has 2 fully saturated rings. The number of benzene rings is 2. The molecule has 0 aliphatic carbocycles. The molecule has 2 bridgehead atoms. The Kier molecular flexibility index (Phi) is 7.92. The van der Waals surface area contributed by atoms with Crippen molar-refractivity contribution in [3.05, 3.63) is 72.3 Å². The number of carbonyl (C=O) groups excluding carboxylic acids is 2. The van der Waals surface area contributed by atoms with Gasteiger partial charge in [-0.25, -0.2) is 9.59 Å². The normalized spacial score (nSPS) is 19.8. The lowest BCUT2D eigenvalue weighted by molar-refractivity contribution is 0.115. The van der Waals surface area contributed by atoms with E-state index in [9.17, 15) is 9.59 Å². The number of ether oxygens (including phenoxy) is 2. The number of anilines is 1. The van der Waals surface area contributed by atoms with E-state index in [1.54, 1.807) is 12.1 Å². The van der Waals surface area contributed by atoms with Crippen molar-refractivity contribution in [2.75, 3.05) is 38.2 Å². The average molecular weight is 479 g/mol. The minimum absolute atomic E-state index is 0.0587. The number of alkyl carbamates (subject to hydrolysis) is 1.